The molecule has 1 unspecified atom stereocenters. The molecule has 1 saturated heterocycles. The second kappa shape index (κ2) is 6.00. The van der Waals surface area contributed by atoms with Gasteiger partial charge in [0.05, 0.1) is 17.4 Å². The van der Waals surface area contributed by atoms with Gasteiger partial charge in [0.15, 0.2) is 0 Å². The first-order valence-electron chi connectivity index (χ1n) is 6.83. The van der Waals surface area contributed by atoms with Crippen LogP contribution < -0.4 is 10.6 Å². The van der Waals surface area contributed by atoms with E-state index in [4.69, 9.17) is 5.11 Å². The van der Waals surface area contributed by atoms with E-state index in [1.54, 1.807) is 6.07 Å². The van der Waals surface area contributed by atoms with E-state index in [9.17, 15) is 9.59 Å². The summed E-state index contributed by atoms with van der Waals surface area (Å²) in [5.41, 5.74) is -0.0188. The van der Waals surface area contributed by atoms with Crippen molar-refractivity contribution in [2.75, 3.05) is 11.9 Å². The first-order chi connectivity index (χ1) is 9.57. The van der Waals surface area contributed by atoms with Crippen LogP contribution in [0.3, 0.4) is 0 Å². The molecule has 1 aliphatic rings. The van der Waals surface area contributed by atoms with Crippen molar-refractivity contribution in [2.24, 2.45) is 0 Å². The second-order valence-electron chi connectivity index (χ2n) is 5.05. The van der Waals surface area contributed by atoms with Gasteiger partial charge in [-0.05, 0) is 37.9 Å². The average molecular weight is 277 g/mol. The third-order valence-electron chi connectivity index (χ3n) is 3.60. The zero-order valence-corrected chi connectivity index (χ0v) is 11.5. The smallest absolute Gasteiger partial charge is 0.354 e. The summed E-state index contributed by atoms with van der Waals surface area (Å²) in [4.78, 5) is 26.9. The Labute approximate surface area is 117 Å². The number of rotatable bonds is 5. The summed E-state index contributed by atoms with van der Waals surface area (Å²) in [6.45, 7) is 2.90. The van der Waals surface area contributed by atoms with Crippen LogP contribution in [0.15, 0.2) is 18.3 Å². The highest BCUT2D eigenvalue weighted by molar-refractivity contribution is 5.98. The van der Waals surface area contributed by atoms with Crippen molar-refractivity contribution in [3.63, 3.8) is 0 Å². The van der Waals surface area contributed by atoms with Crippen LogP contribution in [0.5, 0.6) is 0 Å². The fourth-order valence-corrected chi connectivity index (χ4v) is 2.60. The number of amides is 1. The monoisotopic (exact) mass is 277 g/mol. The molecular weight excluding hydrogens is 258 g/mol. The Morgan fingerprint density at radius 2 is 2.30 bits per heavy atom. The summed E-state index contributed by atoms with van der Waals surface area (Å²) in [6.07, 6.45) is 4.91. The highest BCUT2D eigenvalue weighted by Crippen LogP contribution is 2.26. The lowest BCUT2D eigenvalue weighted by Gasteiger charge is -2.27. The molecule has 20 heavy (non-hydrogen) atoms. The summed E-state index contributed by atoms with van der Waals surface area (Å²) in [6, 6.07) is 2.94. The molecule has 1 amide bonds. The predicted octanol–water partition coefficient (Wildman–Crippen LogP) is 1.64. The van der Waals surface area contributed by atoms with Gasteiger partial charge in [-0.3, -0.25) is 4.79 Å². The van der Waals surface area contributed by atoms with E-state index in [2.05, 4.69) is 22.5 Å². The van der Waals surface area contributed by atoms with Crippen LogP contribution in [-0.2, 0) is 4.79 Å². The number of hydrogen-bond acceptors (Lipinski definition) is 4. The first-order valence-corrected chi connectivity index (χ1v) is 6.83. The molecule has 0 radical (unpaired) electrons. The maximum absolute atomic E-state index is 12.4. The lowest BCUT2D eigenvalue weighted by atomic mass is 9.91. The Balaban J connectivity index is 2.08. The zero-order chi connectivity index (χ0) is 14.6. The lowest BCUT2D eigenvalue weighted by molar-refractivity contribution is -0.122. The lowest BCUT2D eigenvalue weighted by Crippen LogP contribution is -2.50. The summed E-state index contributed by atoms with van der Waals surface area (Å²) >= 11 is 0. The number of nitrogens with one attached hydrogen (secondary N) is 2. The van der Waals surface area contributed by atoms with Gasteiger partial charge in [-0.2, -0.15) is 0 Å². The second-order valence-corrected chi connectivity index (χ2v) is 5.05. The van der Waals surface area contributed by atoms with Crippen molar-refractivity contribution >= 4 is 17.6 Å². The SMILES string of the molecule is CCCC1(C(=O)Nc2ccc(C(=O)O)nc2)CCCN1. The van der Waals surface area contributed by atoms with Crippen LogP contribution >= 0.6 is 0 Å². The number of carbonyl (C=O) groups is 2. The molecule has 1 aromatic heterocycles. The van der Waals surface area contributed by atoms with E-state index in [0.29, 0.717) is 5.69 Å². The topological polar surface area (TPSA) is 91.3 Å². The van der Waals surface area contributed by atoms with E-state index >= 15 is 0 Å². The van der Waals surface area contributed by atoms with Crippen molar-refractivity contribution in [1.82, 2.24) is 10.3 Å². The molecule has 1 aromatic rings. The molecule has 2 rings (SSSR count). The van der Waals surface area contributed by atoms with E-state index < -0.39 is 11.5 Å². The molecule has 2 heterocycles. The number of hydrogen-bond donors (Lipinski definition) is 3. The van der Waals surface area contributed by atoms with Gasteiger partial charge in [-0.1, -0.05) is 13.3 Å². The van der Waals surface area contributed by atoms with Gasteiger partial charge >= 0.3 is 5.97 Å². The third-order valence-corrected chi connectivity index (χ3v) is 3.60. The highest BCUT2D eigenvalue weighted by Gasteiger charge is 2.39. The minimum atomic E-state index is -1.08. The van der Waals surface area contributed by atoms with Gasteiger partial charge in [0.2, 0.25) is 5.91 Å². The summed E-state index contributed by atoms with van der Waals surface area (Å²) in [5.74, 6) is -1.15. The van der Waals surface area contributed by atoms with E-state index in [-0.39, 0.29) is 11.6 Å². The van der Waals surface area contributed by atoms with Crippen molar-refractivity contribution in [2.45, 2.75) is 38.1 Å². The van der Waals surface area contributed by atoms with Gasteiger partial charge in [0.25, 0.3) is 0 Å². The van der Waals surface area contributed by atoms with Crippen LogP contribution in [0.25, 0.3) is 0 Å². The molecule has 6 heteroatoms. The van der Waals surface area contributed by atoms with Gasteiger partial charge in [-0.25, -0.2) is 9.78 Å². The minimum absolute atomic E-state index is 0.0368. The van der Waals surface area contributed by atoms with Crippen molar-refractivity contribution in [3.05, 3.63) is 24.0 Å². The van der Waals surface area contributed by atoms with Crippen LogP contribution in [0.2, 0.25) is 0 Å². The molecule has 3 N–H and O–H groups in total. The summed E-state index contributed by atoms with van der Waals surface area (Å²) in [5, 5.41) is 14.9. The molecule has 0 bridgehead atoms. The Kier molecular flexibility index (Phi) is 4.34. The summed E-state index contributed by atoms with van der Waals surface area (Å²) < 4.78 is 0. The molecule has 0 spiro atoms. The van der Waals surface area contributed by atoms with Crippen LogP contribution in [-0.4, -0.2) is 34.1 Å². The zero-order valence-electron chi connectivity index (χ0n) is 11.5. The van der Waals surface area contributed by atoms with Crippen LogP contribution in [0.1, 0.15) is 43.1 Å². The van der Waals surface area contributed by atoms with E-state index in [1.165, 1.54) is 12.3 Å². The normalized spacial score (nSPS) is 21.6. The standard InChI is InChI=1S/C14H19N3O3/c1-2-6-14(7-3-8-16-14)13(20)17-10-4-5-11(12(18)19)15-9-10/h4-5,9,16H,2-3,6-8H2,1H3,(H,17,20)(H,18,19). The van der Waals surface area contributed by atoms with Gasteiger partial charge in [0, 0.05) is 0 Å². The average Bonchev–Trinajstić information content (AvgIpc) is 2.89. The van der Waals surface area contributed by atoms with Crippen molar-refractivity contribution in [1.29, 1.82) is 0 Å². The van der Waals surface area contributed by atoms with Crippen molar-refractivity contribution < 1.29 is 14.7 Å². The predicted molar refractivity (Wildman–Crippen MR) is 74.7 cm³/mol. The number of nitrogens with zero attached hydrogens (tertiary/aromatic N) is 1. The minimum Gasteiger partial charge on any atom is -0.477 e. The quantitative estimate of drug-likeness (QED) is 0.761. The highest BCUT2D eigenvalue weighted by atomic mass is 16.4. The first kappa shape index (κ1) is 14.5. The number of anilines is 1. The molecular formula is C14H19N3O3. The molecule has 1 fully saturated rings. The number of pyridine rings is 1. The number of aromatic carboxylic acids is 1. The van der Waals surface area contributed by atoms with Crippen LogP contribution in [0, 0.1) is 0 Å². The Bertz CT molecular complexity index is 493. The maximum Gasteiger partial charge on any atom is 0.354 e. The summed E-state index contributed by atoms with van der Waals surface area (Å²) in [7, 11) is 0. The Hall–Kier alpha value is -1.95. The number of carbonyl (C=O) groups excluding carboxylic acids is 1. The van der Waals surface area contributed by atoms with Gasteiger partial charge in [0.1, 0.15) is 5.69 Å². The van der Waals surface area contributed by atoms with Gasteiger partial charge < -0.3 is 15.7 Å². The Morgan fingerprint density at radius 3 is 2.80 bits per heavy atom. The molecule has 6 nitrogen and oxygen atoms in total. The van der Waals surface area contributed by atoms with E-state index in [1.807, 2.05) is 0 Å². The molecule has 0 aromatic carbocycles. The fraction of sp³-hybridized carbons (Fsp3) is 0.500. The van der Waals surface area contributed by atoms with E-state index in [0.717, 1.165) is 32.2 Å². The number of aromatic nitrogens is 1. The third kappa shape index (κ3) is 2.96. The fourth-order valence-electron chi connectivity index (χ4n) is 2.60. The number of carboxylic acids is 1. The molecule has 1 aliphatic heterocycles. The number of carboxylic acid groups (broad SMARTS) is 1. The van der Waals surface area contributed by atoms with Gasteiger partial charge in [-0.15, -0.1) is 0 Å². The largest absolute Gasteiger partial charge is 0.477 e. The molecule has 0 aliphatic carbocycles. The molecule has 108 valence electrons. The molecule has 1 atom stereocenters. The van der Waals surface area contributed by atoms with Crippen molar-refractivity contribution in [3.8, 4) is 0 Å². The Morgan fingerprint density at radius 1 is 1.50 bits per heavy atom. The maximum atomic E-state index is 12.4. The molecule has 0 saturated carbocycles. The van der Waals surface area contributed by atoms with Crippen LogP contribution in [0.4, 0.5) is 5.69 Å².